The standard InChI is InChI=1S/C16H20ClN5O2/c1-4-18-16(24)12-8-11(17)5-6-13(12)19-9-15(23)20-14-7-10(2)21-22(14)3/h5-8,19H,4,9H2,1-3H3,(H,18,24)(H,20,23). The van der Waals surface area contributed by atoms with Crippen LogP contribution in [0.3, 0.4) is 0 Å². The molecule has 2 amide bonds. The van der Waals surface area contributed by atoms with Gasteiger partial charge in [-0.05, 0) is 32.0 Å². The molecule has 0 saturated heterocycles. The lowest BCUT2D eigenvalue weighted by atomic mass is 10.1. The van der Waals surface area contributed by atoms with E-state index >= 15 is 0 Å². The molecule has 0 radical (unpaired) electrons. The van der Waals surface area contributed by atoms with Crippen LogP contribution in [0.1, 0.15) is 23.0 Å². The summed E-state index contributed by atoms with van der Waals surface area (Å²) < 4.78 is 1.59. The van der Waals surface area contributed by atoms with Crippen molar-refractivity contribution in [1.82, 2.24) is 15.1 Å². The molecule has 0 aliphatic carbocycles. The van der Waals surface area contributed by atoms with Crippen molar-refractivity contribution >= 4 is 34.9 Å². The highest BCUT2D eigenvalue weighted by molar-refractivity contribution is 6.31. The summed E-state index contributed by atoms with van der Waals surface area (Å²) in [4.78, 5) is 24.2. The zero-order chi connectivity index (χ0) is 17.7. The summed E-state index contributed by atoms with van der Waals surface area (Å²) in [7, 11) is 1.75. The summed E-state index contributed by atoms with van der Waals surface area (Å²) in [6, 6.07) is 6.68. The molecule has 7 nitrogen and oxygen atoms in total. The molecule has 0 saturated carbocycles. The Morgan fingerprint density at radius 3 is 2.67 bits per heavy atom. The van der Waals surface area contributed by atoms with Gasteiger partial charge in [0.1, 0.15) is 5.82 Å². The molecule has 0 spiro atoms. The van der Waals surface area contributed by atoms with Gasteiger partial charge in [0.15, 0.2) is 0 Å². The third-order valence-electron chi connectivity index (χ3n) is 3.27. The molecule has 8 heteroatoms. The van der Waals surface area contributed by atoms with E-state index in [1.807, 2.05) is 13.8 Å². The monoisotopic (exact) mass is 349 g/mol. The van der Waals surface area contributed by atoms with Crippen molar-refractivity contribution in [3.63, 3.8) is 0 Å². The highest BCUT2D eigenvalue weighted by Gasteiger charge is 2.13. The summed E-state index contributed by atoms with van der Waals surface area (Å²) in [6.45, 7) is 4.20. The first-order chi connectivity index (χ1) is 11.4. The minimum absolute atomic E-state index is 0.0122. The highest BCUT2D eigenvalue weighted by Crippen LogP contribution is 2.20. The number of benzene rings is 1. The van der Waals surface area contributed by atoms with Crippen molar-refractivity contribution in [1.29, 1.82) is 0 Å². The van der Waals surface area contributed by atoms with Gasteiger partial charge in [-0.25, -0.2) is 0 Å². The summed E-state index contributed by atoms with van der Waals surface area (Å²) in [6.07, 6.45) is 0. The number of nitrogens with zero attached hydrogens (tertiary/aromatic N) is 2. The van der Waals surface area contributed by atoms with E-state index in [1.165, 1.54) is 0 Å². The molecule has 0 aliphatic heterocycles. The maximum Gasteiger partial charge on any atom is 0.253 e. The van der Waals surface area contributed by atoms with Gasteiger partial charge in [-0.3, -0.25) is 14.3 Å². The van der Waals surface area contributed by atoms with Crippen LogP contribution >= 0.6 is 11.6 Å². The molecule has 0 atom stereocenters. The van der Waals surface area contributed by atoms with E-state index in [0.29, 0.717) is 28.6 Å². The van der Waals surface area contributed by atoms with Crippen LogP contribution in [0.25, 0.3) is 0 Å². The number of hydrogen-bond donors (Lipinski definition) is 3. The number of amides is 2. The molecule has 24 heavy (non-hydrogen) atoms. The highest BCUT2D eigenvalue weighted by atomic mass is 35.5. The normalized spacial score (nSPS) is 10.3. The molecule has 0 fully saturated rings. The molecular weight excluding hydrogens is 330 g/mol. The van der Waals surface area contributed by atoms with E-state index < -0.39 is 0 Å². The molecule has 0 unspecified atom stereocenters. The average molecular weight is 350 g/mol. The Bertz CT molecular complexity index is 757. The summed E-state index contributed by atoms with van der Waals surface area (Å²) in [5, 5.41) is 13.1. The van der Waals surface area contributed by atoms with E-state index in [1.54, 1.807) is 36.0 Å². The second kappa shape index (κ2) is 7.83. The molecular formula is C16H20ClN5O2. The van der Waals surface area contributed by atoms with Gasteiger partial charge in [0.05, 0.1) is 17.8 Å². The van der Waals surface area contributed by atoms with Crippen molar-refractivity contribution < 1.29 is 9.59 Å². The topological polar surface area (TPSA) is 88.1 Å². The number of rotatable bonds is 6. The molecule has 1 aromatic carbocycles. The van der Waals surface area contributed by atoms with Gasteiger partial charge in [0.2, 0.25) is 5.91 Å². The van der Waals surface area contributed by atoms with Crippen LogP contribution < -0.4 is 16.0 Å². The summed E-state index contributed by atoms with van der Waals surface area (Å²) >= 11 is 5.95. The largest absolute Gasteiger partial charge is 0.375 e. The third kappa shape index (κ3) is 4.48. The Kier molecular flexibility index (Phi) is 5.81. The number of halogens is 1. The Hall–Kier alpha value is -2.54. The van der Waals surface area contributed by atoms with Gasteiger partial charge in [-0.15, -0.1) is 0 Å². The lowest BCUT2D eigenvalue weighted by Crippen LogP contribution is -2.26. The average Bonchev–Trinajstić information content (AvgIpc) is 2.83. The van der Waals surface area contributed by atoms with E-state index in [-0.39, 0.29) is 18.4 Å². The number of anilines is 2. The quantitative estimate of drug-likeness (QED) is 0.746. The number of nitrogens with one attached hydrogen (secondary N) is 3. The Balaban J connectivity index is 2.04. The van der Waals surface area contributed by atoms with Gasteiger partial charge < -0.3 is 16.0 Å². The van der Waals surface area contributed by atoms with Gasteiger partial charge in [0.25, 0.3) is 5.91 Å². The van der Waals surface area contributed by atoms with Crippen molar-refractivity contribution in [3.8, 4) is 0 Å². The van der Waals surface area contributed by atoms with Gasteiger partial charge in [-0.1, -0.05) is 11.6 Å². The zero-order valence-corrected chi connectivity index (χ0v) is 14.6. The van der Waals surface area contributed by atoms with Crippen molar-refractivity contribution in [3.05, 3.63) is 40.5 Å². The fourth-order valence-electron chi connectivity index (χ4n) is 2.20. The molecule has 3 N–H and O–H groups in total. The van der Waals surface area contributed by atoms with E-state index in [9.17, 15) is 9.59 Å². The fraction of sp³-hybridized carbons (Fsp3) is 0.312. The smallest absolute Gasteiger partial charge is 0.253 e. The van der Waals surface area contributed by atoms with Crippen LogP contribution in [-0.2, 0) is 11.8 Å². The molecule has 128 valence electrons. The maximum absolute atomic E-state index is 12.1. The van der Waals surface area contributed by atoms with Gasteiger partial charge in [-0.2, -0.15) is 5.10 Å². The van der Waals surface area contributed by atoms with Gasteiger partial charge >= 0.3 is 0 Å². The lowest BCUT2D eigenvalue weighted by molar-refractivity contribution is -0.114. The second-order valence-corrected chi connectivity index (χ2v) is 5.68. The number of carbonyl (C=O) groups is 2. The Morgan fingerprint density at radius 2 is 2.04 bits per heavy atom. The minimum atomic E-state index is -0.245. The van der Waals surface area contributed by atoms with E-state index in [4.69, 9.17) is 11.6 Å². The number of aryl methyl sites for hydroxylation is 2. The molecule has 2 rings (SSSR count). The van der Waals surface area contributed by atoms with E-state index in [2.05, 4.69) is 21.0 Å². The van der Waals surface area contributed by atoms with Crippen LogP contribution in [0.2, 0.25) is 5.02 Å². The van der Waals surface area contributed by atoms with Crippen LogP contribution in [0.5, 0.6) is 0 Å². The van der Waals surface area contributed by atoms with Crippen molar-refractivity contribution in [2.75, 3.05) is 23.7 Å². The zero-order valence-electron chi connectivity index (χ0n) is 13.8. The van der Waals surface area contributed by atoms with Crippen LogP contribution in [0.4, 0.5) is 11.5 Å². The number of aromatic nitrogens is 2. The SMILES string of the molecule is CCNC(=O)c1cc(Cl)ccc1NCC(=O)Nc1cc(C)nn1C. The first-order valence-electron chi connectivity index (χ1n) is 7.52. The molecule has 2 aromatic rings. The Labute approximate surface area is 145 Å². The van der Waals surface area contributed by atoms with Crippen LogP contribution in [-0.4, -0.2) is 34.7 Å². The predicted molar refractivity (Wildman–Crippen MR) is 94.5 cm³/mol. The van der Waals surface area contributed by atoms with Crippen molar-refractivity contribution in [2.24, 2.45) is 7.05 Å². The van der Waals surface area contributed by atoms with E-state index in [0.717, 1.165) is 5.69 Å². The predicted octanol–water partition coefficient (Wildman–Crippen LogP) is 2.18. The third-order valence-corrected chi connectivity index (χ3v) is 3.51. The minimum Gasteiger partial charge on any atom is -0.375 e. The van der Waals surface area contributed by atoms with Crippen molar-refractivity contribution in [2.45, 2.75) is 13.8 Å². The first-order valence-corrected chi connectivity index (χ1v) is 7.90. The number of hydrogen-bond acceptors (Lipinski definition) is 4. The molecule has 0 aliphatic rings. The molecule has 1 heterocycles. The first kappa shape index (κ1) is 17.8. The molecule has 0 bridgehead atoms. The maximum atomic E-state index is 12.1. The van der Waals surface area contributed by atoms with Crippen LogP contribution in [0, 0.1) is 6.92 Å². The van der Waals surface area contributed by atoms with Gasteiger partial charge in [0, 0.05) is 30.4 Å². The number of carbonyl (C=O) groups excluding carboxylic acids is 2. The lowest BCUT2D eigenvalue weighted by Gasteiger charge is -2.12. The second-order valence-electron chi connectivity index (χ2n) is 5.25. The van der Waals surface area contributed by atoms with Crippen LogP contribution in [0.15, 0.2) is 24.3 Å². The fourth-order valence-corrected chi connectivity index (χ4v) is 2.38. The summed E-state index contributed by atoms with van der Waals surface area (Å²) in [5.74, 6) is 0.124. The molecule has 1 aromatic heterocycles. The summed E-state index contributed by atoms with van der Waals surface area (Å²) in [5.41, 5.74) is 1.76. The Morgan fingerprint density at radius 1 is 1.29 bits per heavy atom.